The van der Waals surface area contributed by atoms with Crippen molar-refractivity contribution in [2.75, 3.05) is 19.0 Å². The first kappa shape index (κ1) is 19.0. The summed E-state index contributed by atoms with van der Waals surface area (Å²) in [5.41, 5.74) is 8.76. The topological polar surface area (TPSA) is 98.0 Å². The van der Waals surface area contributed by atoms with Crippen molar-refractivity contribution in [2.45, 2.75) is 19.0 Å². The molecule has 25 heavy (non-hydrogen) atoms. The standard InChI is InChI=1S/C17H21N5O2.ClH/c1-24-7-6-22-11-13(10-20-22)21-17(23)15(18)8-12-9-19-16-5-3-2-4-14(12)16;/h2-5,9-11,15,19H,6-8,18H2,1H3,(H,21,23);1H/t15-;/m0./s1. The number of aromatic nitrogens is 3. The monoisotopic (exact) mass is 363 g/mol. The first-order valence-electron chi connectivity index (χ1n) is 7.80. The highest BCUT2D eigenvalue weighted by Gasteiger charge is 2.17. The molecule has 0 aliphatic carbocycles. The summed E-state index contributed by atoms with van der Waals surface area (Å²) in [5.74, 6) is -0.230. The Labute approximate surface area is 151 Å². The lowest BCUT2D eigenvalue weighted by atomic mass is 10.1. The Kier molecular flexibility index (Phi) is 6.58. The zero-order valence-electron chi connectivity index (χ0n) is 13.9. The summed E-state index contributed by atoms with van der Waals surface area (Å²) < 4.78 is 6.71. The van der Waals surface area contributed by atoms with Gasteiger partial charge in [-0.25, -0.2) is 0 Å². The maximum atomic E-state index is 12.3. The Morgan fingerprint density at radius 3 is 3.04 bits per heavy atom. The fourth-order valence-corrected chi connectivity index (χ4v) is 2.60. The molecule has 2 aromatic heterocycles. The van der Waals surface area contributed by atoms with Gasteiger partial charge in [0, 0.05) is 30.4 Å². The van der Waals surface area contributed by atoms with E-state index in [1.807, 2.05) is 30.5 Å². The number of nitrogens with two attached hydrogens (primary N) is 1. The number of carbonyl (C=O) groups excluding carboxylic acids is 1. The first-order valence-corrected chi connectivity index (χ1v) is 7.80. The average Bonchev–Trinajstić information content (AvgIpc) is 3.20. The Balaban J connectivity index is 0.00000225. The fourth-order valence-electron chi connectivity index (χ4n) is 2.60. The van der Waals surface area contributed by atoms with E-state index in [0.717, 1.165) is 16.5 Å². The van der Waals surface area contributed by atoms with Crippen molar-refractivity contribution in [3.63, 3.8) is 0 Å². The van der Waals surface area contributed by atoms with E-state index in [1.165, 1.54) is 0 Å². The van der Waals surface area contributed by atoms with Gasteiger partial charge in [-0.05, 0) is 18.1 Å². The molecule has 0 saturated heterocycles. The molecule has 0 aliphatic heterocycles. The second kappa shape index (κ2) is 8.66. The zero-order chi connectivity index (χ0) is 16.9. The van der Waals surface area contributed by atoms with Gasteiger partial charge in [0.25, 0.3) is 0 Å². The summed E-state index contributed by atoms with van der Waals surface area (Å²) >= 11 is 0. The molecule has 3 rings (SSSR count). The molecule has 8 heteroatoms. The number of halogens is 1. The van der Waals surface area contributed by atoms with Gasteiger partial charge < -0.3 is 20.8 Å². The van der Waals surface area contributed by atoms with Gasteiger partial charge in [0.1, 0.15) is 0 Å². The normalized spacial score (nSPS) is 11.9. The lowest BCUT2D eigenvalue weighted by molar-refractivity contribution is -0.117. The quantitative estimate of drug-likeness (QED) is 0.597. The molecule has 1 amide bonds. The van der Waals surface area contributed by atoms with Crippen molar-refractivity contribution in [3.05, 3.63) is 48.4 Å². The predicted octanol–water partition coefficient (Wildman–Crippen LogP) is 1.94. The molecule has 3 aromatic rings. The number of hydrogen-bond donors (Lipinski definition) is 3. The minimum absolute atomic E-state index is 0. The van der Waals surface area contributed by atoms with E-state index < -0.39 is 6.04 Å². The number of amides is 1. The summed E-state index contributed by atoms with van der Waals surface area (Å²) in [5, 5.41) is 8.05. The Hall–Kier alpha value is -2.35. The van der Waals surface area contributed by atoms with Crippen LogP contribution >= 0.6 is 12.4 Å². The number of H-pyrrole nitrogens is 1. The number of methoxy groups -OCH3 is 1. The number of nitrogens with one attached hydrogen (secondary N) is 2. The maximum absolute atomic E-state index is 12.3. The van der Waals surface area contributed by atoms with Crippen LogP contribution in [0.4, 0.5) is 5.69 Å². The van der Waals surface area contributed by atoms with Crippen LogP contribution in [0, 0.1) is 0 Å². The van der Waals surface area contributed by atoms with E-state index in [4.69, 9.17) is 10.5 Å². The Morgan fingerprint density at radius 2 is 2.24 bits per heavy atom. The largest absolute Gasteiger partial charge is 0.383 e. The number of fused-ring (bicyclic) bond motifs is 1. The molecule has 2 heterocycles. The number of benzene rings is 1. The summed E-state index contributed by atoms with van der Waals surface area (Å²) in [7, 11) is 1.63. The first-order chi connectivity index (χ1) is 11.7. The van der Waals surface area contributed by atoms with Crippen molar-refractivity contribution in [2.24, 2.45) is 5.73 Å². The third kappa shape index (κ3) is 4.60. The fraction of sp³-hybridized carbons (Fsp3) is 0.294. The van der Waals surface area contributed by atoms with Crippen LogP contribution in [0.3, 0.4) is 0 Å². The number of hydrogen-bond acceptors (Lipinski definition) is 4. The summed E-state index contributed by atoms with van der Waals surface area (Å²) in [4.78, 5) is 15.5. The molecule has 134 valence electrons. The summed E-state index contributed by atoms with van der Waals surface area (Å²) in [6, 6.07) is 7.33. The number of nitrogens with zero attached hydrogens (tertiary/aromatic N) is 2. The van der Waals surface area contributed by atoms with Crippen molar-refractivity contribution < 1.29 is 9.53 Å². The number of rotatable bonds is 7. The highest BCUT2D eigenvalue weighted by Crippen LogP contribution is 2.19. The van der Waals surface area contributed by atoms with Gasteiger partial charge >= 0.3 is 0 Å². The zero-order valence-corrected chi connectivity index (χ0v) is 14.8. The van der Waals surface area contributed by atoms with Gasteiger partial charge in [-0.2, -0.15) is 5.10 Å². The van der Waals surface area contributed by atoms with Crippen LogP contribution in [0.2, 0.25) is 0 Å². The molecule has 0 bridgehead atoms. The van der Waals surface area contributed by atoms with Gasteiger partial charge in [-0.1, -0.05) is 18.2 Å². The molecule has 0 fully saturated rings. The van der Waals surface area contributed by atoms with E-state index in [0.29, 0.717) is 25.3 Å². The van der Waals surface area contributed by atoms with E-state index in [1.54, 1.807) is 24.2 Å². The highest BCUT2D eigenvalue weighted by atomic mass is 35.5. The van der Waals surface area contributed by atoms with Crippen LogP contribution in [0.25, 0.3) is 10.9 Å². The van der Waals surface area contributed by atoms with Crippen LogP contribution in [0.5, 0.6) is 0 Å². The maximum Gasteiger partial charge on any atom is 0.241 e. The predicted molar refractivity (Wildman–Crippen MR) is 100.0 cm³/mol. The van der Waals surface area contributed by atoms with Gasteiger partial charge in [-0.3, -0.25) is 9.48 Å². The van der Waals surface area contributed by atoms with Crippen molar-refractivity contribution in [1.29, 1.82) is 0 Å². The second-order valence-electron chi connectivity index (χ2n) is 5.64. The second-order valence-corrected chi connectivity index (χ2v) is 5.64. The van der Waals surface area contributed by atoms with E-state index in [2.05, 4.69) is 15.4 Å². The van der Waals surface area contributed by atoms with E-state index in [9.17, 15) is 4.79 Å². The Morgan fingerprint density at radius 1 is 1.44 bits per heavy atom. The number of carbonyl (C=O) groups is 1. The molecule has 0 saturated carbocycles. The molecule has 1 atom stereocenters. The van der Waals surface area contributed by atoms with Crippen LogP contribution in [-0.2, 0) is 22.5 Å². The van der Waals surface area contributed by atoms with Gasteiger partial charge in [0.15, 0.2) is 0 Å². The van der Waals surface area contributed by atoms with Gasteiger partial charge in [-0.15, -0.1) is 12.4 Å². The molecular weight excluding hydrogens is 342 g/mol. The van der Waals surface area contributed by atoms with Crippen LogP contribution in [-0.4, -0.2) is 40.4 Å². The number of anilines is 1. The van der Waals surface area contributed by atoms with Gasteiger partial charge in [0.2, 0.25) is 5.91 Å². The number of ether oxygens (including phenoxy) is 1. The molecule has 4 N–H and O–H groups in total. The van der Waals surface area contributed by atoms with Gasteiger partial charge in [0.05, 0.1) is 31.1 Å². The third-order valence-corrected chi connectivity index (χ3v) is 3.88. The van der Waals surface area contributed by atoms with Crippen molar-refractivity contribution in [3.8, 4) is 0 Å². The minimum atomic E-state index is -0.633. The SMILES string of the molecule is COCCn1cc(NC(=O)[C@@H](N)Cc2c[nH]c3ccccc23)cn1.Cl. The number of aromatic amines is 1. The van der Waals surface area contributed by atoms with E-state index >= 15 is 0 Å². The molecule has 0 spiro atoms. The van der Waals surface area contributed by atoms with Crippen molar-refractivity contribution in [1.82, 2.24) is 14.8 Å². The Bertz CT molecular complexity index is 829. The smallest absolute Gasteiger partial charge is 0.241 e. The highest BCUT2D eigenvalue weighted by molar-refractivity contribution is 5.95. The average molecular weight is 364 g/mol. The molecule has 0 radical (unpaired) electrons. The summed E-state index contributed by atoms with van der Waals surface area (Å²) in [6.07, 6.45) is 5.73. The van der Waals surface area contributed by atoms with E-state index in [-0.39, 0.29) is 18.3 Å². The summed E-state index contributed by atoms with van der Waals surface area (Å²) in [6.45, 7) is 1.20. The third-order valence-electron chi connectivity index (χ3n) is 3.88. The lowest BCUT2D eigenvalue weighted by Crippen LogP contribution is -2.37. The van der Waals surface area contributed by atoms with Crippen LogP contribution in [0.1, 0.15) is 5.56 Å². The van der Waals surface area contributed by atoms with Crippen molar-refractivity contribution >= 4 is 34.9 Å². The molecule has 1 aromatic carbocycles. The minimum Gasteiger partial charge on any atom is -0.383 e. The van der Waals surface area contributed by atoms with Crippen LogP contribution < -0.4 is 11.1 Å². The molecule has 0 aliphatic rings. The lowest BCUT2D eigenvalue weighted by Gasteiger charge is -2.10. The molecule has 7 nitrogen and oxygen atoms in total. The molecular formula is C17H22ClN5O2. The number of para-hydroxylation sites is 1. The molecule has 0 unspecified atom stereocenters. The van der Waals surface area contributed by atoms with Crippen LogP contribution in [0.15, 0.2) is 42.9 Å².